The smallest absolute Gasteiger partial charge is 0.257 e. The Morgan fingerprint density at radius 3 is 2.85 bits per heavy atom. The molecule has 0 radical (unpaired) electrons. The maximum absolute atomic E-state index is 13.4. The molecule has 2 saturated heterocycles. The molecule has 1 amide bonds. The molecule has 1 atom stereocenters. The third-order valence-electron chi connectivity index (χ3n) is 6.13. The largest absolute Gasteiger partial charge is 0.378 e. The Bertz CT molecular complexity index is 1100. The van der Waals surface area contributed by atoms with Crippen molar-refractivity contribution in [2.75, 3.05) is 44.3 Å². The van der Waals surface area contributed by atoms with E-state index < -0.39 is 0 Å². The standard InChI is InChI=1S/C23H27N7O3/c1-2-19-18(14-25-23(26-19)29-9-11-32-12-10-29)22(31)30-8-4-6-17(15-30)21-27-20(28-33-21)16-5-3-7-24-13-16/h3,5,7,13-14,17H,2,4,6,8-12,15H2,1H3/t17-/m0/s1. The molecule has 0 bridgehead atoms. The molecule has 10 heteroatoms. The monoisotopic (exact) mass is 449 g/mol. The zero-order valence-electron chi connectivity index (χ0n) is 18.7. The fourth-order valence-electron chi connectivity index (χ4n) is 4.32. The van der Waals surface area contributed by atoms with Crippen LogP contribution < -0.4 is 4.90 Å². The molecule has 0 aromatic carbocycles. The minimum absolute atomic E-state index is 0.000704. The first-order valence-corrected chi connectivity index (χ1v) is 11.4. The van der Waals surface area contributed by atoms with Gasteiger partial charge in [0.25, 0.3) is 5.91 Å². The van der Waals surface area contributed by atoms with Crippen molar-refractivity contribution in [3.63, 3.8) is 0 Å². The normalized spacial score (nSPS) is 19.0. The summed E-state index contributed by atoms with van der Waals surface area (Å²) in [6.07, 6.45) is 7.52. The van der Waals surface area contributed by atoms with Crippen molar-refractivity contribution in [1.29, 1.82) is 0 Å². The van der Waals surface area contributed by atoms with E-state index in [1.807, 2.05) is 24.0 Å². The number of morpholine rings is 1. The Morgan fingerprint density at radius 2 is 2.06 bits per heavy atom. The van der Waals surface area contributed by atoms with E-state index in [9.17, 15) is 4.79 Å². The van der Waals surface area contributed by atoms with Crippen molar-refractivity contribution in [3.05, 3.63) is 47.9 Å². The second kappa shape index (κ2) is 9.62. The Hall–Kier alpha value is -3.40. The maximum Gasteiger partial charge on any atom is 0.257 e. The van der Waals surface area contributed by atoms with Gasteiger partial charge >= 0.3 is 0 Å². The lowest BCUT2D eigenvalue weighted by Gasteiger charge is -2.31. The molecule has 0 spiro atoms. The summed E-state index contributed by atoms with van der Waals surface area (Å²) in [5.74, 6) is 1.69. The molecular weight excluding hydrogens is 422 g/mol. The van der Waals surface area contributed by atoms with Gasteiger partial charge in [-0.3, -0.25) is 9.78 Å². The molecule has 0 N–H and O–H groups in total. The average Bonchev–Trinajstić information content (AvgIpc) is 3.39. The predicted molar refractivity (Wildman–Crippen MR) is 120 cm³/mol. The number of piperidine rings is 1. The van der Waals surface area contributed by atoms with Gasteiger partial charge in [-0.2, -0.15) is 4.98 Å². The van der Waals surface area contributed by atoms with Crippen molar-refractivity contribution >= 4 is 11.9 Å². The van der Waals surface area contributed by atoms with Crippen LogP contribution in [-0.2, 0) is 11.2 Å². The highest BCUT2D eigenvalue weighted by molar-refractivity contribution is 5.95. The first kappa shape index (κ1) is 21.4. The minimum atomic E-state index is -0.0444. The summed E-state index contributed by atoms with van der Waals surface area (Å²) in [5.41, 5.74) is 2.15. The number of likely N-dealkylation sites (tertiary alicyclic amines) is 1. The summed E-state index contributed by atoms with van der Waals surface area (Å²) in [7, 11) is 0. The molecule has 0 saturated carbocycles. The summed E-state index contributed by atoms with van der Waals surface area (Å²) in [4.78, 5) is 35.3. The van der Waals surface area contributed by atoms with E-state index in [1.54, 1.807) is 18.6 Å². The van der Waals surface area contributed by atoms with Crippen molar-refractivity contribution in [2.45, 2.75) is 32.1 Å². The number of amides is 1. The number of hydrogen-bond acceptors (Lipinski definition) is 9. The van der Waals surface area contributed by atoms with E-state index in [0.29, 0.717) is 56.0 Å². The molecule has 5 heterocycles. The highest BCUT2D eigenvalue weighted by Gasteiger charge is 2.30. The van der Waals surface area contributed by atoms with E-state index >= 15 is 0 Å². The van der Waals surface area contributed by atoms with Crippen LogP contribution in [0.4, 0.5) is 5.95 Å². The maximum atomic E-state index is 13.4. The molecule has 3 aromatic heterocycles. The molecule has 0 aliphatic carbocycles. The van der Waals surface area contributed by atoms with Gasteiger partial charge in [-0.05, 0) is 31.4 Å². The summed E-state index contributed by atoms with van der Waals surface area (Å²) >= 11 is 0. The van der Waals surface area contributed by atoms with E-state index in [2.05, 4.69) is 25.0 Å². The number of aromatic nitrogens is 5. The van der Waals surface area contributed by atoms with E-state index in [4.69, 9.17) is 14.2 Å². The second-order valence-corrected chi connectivity index (χ2v) is 8.27. The van der Waals surface area contributed by atoms with Crippen LogP contribution in [-0.4, -0.2) is 75.3 Å². The van der Waals surface area contributed by atoms with Crippen LogP contribution in [0.1, 0.15) is 47.6 Å². The highest BCUT2D eigenvalue weighted by atomic mass is 16.5. The fraction of sp³-hybridized carbons (Fsp3) is 0.478. The Kier molecular flexibility index (Phi) is 6.25. The summed E-state index contributed by atoms with van der Waals surface area (Å²) < 4.78 is 11.0. The minimum Gasteiger partial charge on any atom is -0.378 e. The third kappa shape index (κ3) is 4.56. The van der Waals surface area contributed by atoms with Crippen LogP contribution in [0, 0.1) is 0 Å². The van der Waals surface area contributed by atoms with E-state index in [1.165, 1.54) is 0 Å². The highest BCUT2D eigenvalue weighted by Crippen LogP contribution is 2.28. The van der Waals surface area contributed by atoms with Gasteiger partial charge in [0.2, 0.25) is 17.7 Å². The number of carbonyl (C=O) groups is 1. The molecule has 2 aliphatic rings. The van der Waals surface area contributed by atoms with Crippen LogP contribution in [0.3, 0.4) is 0 Å². The number of nitrogens with zero attached hydrogens (tertiary/aromatic N) is 7. The quantitative estimate of drug-likeness (QED) is 0.579. The molecular formula is C23H27N7O3. The molecule has 172 valence electrons. The van der Waals surface area contributed by atoms with Crippen LogP contribution in [0.25, 0.3) is 11.4 Å². The Balaban J connectivity index is 1.31. The zero-order valence-corrected chi connectivity index (χ0v) is 18.7. The van der Waals surface area contributed by atoms with E-state index in [0.717, 1.165) is 37.2 Å². The van der Waals surface area contributed by atoms with Gasteiger partial charge in [0.05, 0.1) is 30.4 Å². The first-order chi connectivity index (χ1) is 16.2. The van der Waals surface area contributed by atoms with Crippen LogP contribution in [0.2, 0.25) is 0 Å². The van der Waals surface area contributed by atoms with Gasteiger partial charge in [-0.1, -0.05) is 12.1 Å². The van der Waals surface area contributed by atoms with Crippen molar-refractivity contribution < 1.29 is 14.1 Å². The first-order valence-electron chi connectivity index (χ1n) is 11.4. The number of hydrogen-bond donors (Lipinski definition) is 0. The van der Waals surface area contributed by atoms with Crippen LogP contribution in [0.15, 0.2) is 35.2 Å². The molecule has 5 rings (SSSR count). The molecule has 2 fully saturated rings. The second-order valence-electron chi connectivity index (χ2n) is 8.27. The fourth-order valence-corrected chi connectivity index (χ4v) is 4.32. The molecule has 10 nitrogen and oxygen atoms in total. The average molecular weight is 450 g/mol. The molecule has 0 unspecified atom stereocenters. The summed E-state index contributed by atoms with van der Waals surface area (Å²) in [6.45, 7) is 6.08. The predicted octanol–water partition coefficient (Wildman–Crippen LogP) is 2.34. The van der Waals surface area contributed by atoms with E-state index in [-0.39, 0.29) is 11.8 Å². The lowest BCUT2D eigenvalue weighted by Crippen LogP contribution is -2.40. The molecule has 3 aromatic rings. The van der Waals surface area contributed by atoms with Crippen LogP contribution >= 0.6 is 0 Å². The van der Waals surface area contributed by atoms with Crippen molar-refractivity contribution in [1.82, 2.24) is 30.0 Å². The van der Waals surface area contributed by atoms with Gasteiger partial charge in [-0.15, -0.1) is 0 Å². The lowest BCUT2D eigenvalue weighted by molar-refractivity contribution is 0.0693. The lowest BCUT2D eigenvalue weighted by atomic mass is 9.97. The van der Waals surface area contributed by atoms with Gasteiger partial charge in [-0.25, -0.2) is 9.97 Å². The summed E-state index contributed by atoms with van der Waals surface area (Å²) in [5, 5.41) is 4.11. The number of ether oxygens (including phenoxy) is 1. The third-order valence-corrected chi connectivity index (χ3v) is 6.13. The van der Waals surface area contributed by atoms with Gasteiger partial charge < -0.3 is 19.1 Å². The Morgan fingerprint density at radius 1 is 1.18 bits per heavy atom. The Labute approximate surface area is 192 Å². The summed E-state index contributed by atoms with van der Waals surface area (Å²) in [6, 6.07) is 3.73. The van der Waals surface area contributed by atoms with Crippen molar-refractivity contribution in [3.8, 4) is 11.4 Å². The van der Waals surface area contributed by atoms with Gasteiger partial charge in [0.15, 0.2) is 0 Å². The number of aryl methyl sites for hydroxylation is 1. The topological polar surface area (TPSA) is 110 Å². The van der Waals surface area contributed by atoms with Gasteiger partial charge in [0, 0.05) is 50.3 Å². The molecule has 33 heavy (non-hydrogen) atoms. The molecule has 2 aliphatic heterocycles. The zero-order chi connectivity index (χ0) is 22.6. The van der Waals surface area contributed by atoms with Crippen molar-refractivity contribution in [2.24, 2.45) is 0 Å². The number of pyridine rings is 1. The number of anilines is 1. The SMILES string of the molecule is CCc1nc(N2CCOCC2)ncc1C(=O)N1CCC[C@H](c2nc(-c3cccnc3)no2)C1. The van der Waals surface area contributed by atoms with Crippen LogP contribution in [0.5, 0.6) is 0 Å². The van der Waals surface area contributed by atoms with Gasteiger partial charge in [0.1, 0.15) is 0 Å². The number of carbonyl (C=O) groups excluding carboxylic acids is 1. The number of rotatable bonds is 5.